The van der Waals surface area contributed by atoms with Crippen LogP contribution in [0.1, 0.15) is 18.1 Å². The molecule has 1 aliphatic rings. The molecule has 0 bridgehead atoms. The standard InChI is InChI=1S/C25H29N3O7/c1-16-9-10-19(35-3)18(11-16)26-23(33)21(22(32)25(2,14-29)15-30)28-20(31)13-27(24(28)34)12-17-7-5-4-6-8-17/h4-11,21,29-30H,12-15H2,1-3H3,(H,26,33). The van der Waals surface area contributed by atoms with Gasteiger partial charge in [0, 0.05) is 6.54 Å². The number of imide groups is 1. The van der Waals surface area contributed by atoms with E-state index >= 15 is 0 Å². The maximum absolute atomic E-state index is 13.4. The monoisotopic (exact) mass is 483 g/mol. The molecule has 0 aromatic heterocycles. The second kappa shape index (κ2) is 10.7. The van der Waals surface area contributed by atoms with E-state index in [9.17, 15) is 29.4 Å². The molecule has 1 aliphatic heterocycles. The summed E-state index contributed by atoms with van der Waals surface area (Å²) < 4.78 is 5.27. The van der Waals surface area contributed by atoms with Crippen LogP contribution >= 0.6 is 0 Å². The van der Waals surface area contributed by atoms with Gasteiger partial charge in [-0.25, -0.2) is 9.69 Å². The van der Waals surface area contributed by atoms with Crippen LogP contribution in [0.15, 0.2) is 48.5 Å². The van der Waals surface area contributed by atoms with E-state index in [1.807, 2.05) is 6.07 Å². The average molecular weight is 484 g/mol. The zero-order valence-electron chi connectivity index (χ0n) is 19.9. The van der Waals surface area contributed by atoms with E-state index in [1.165, 1.54) is 18.9 Å². The highest BCUT2D eigenvalue weighted by Crippen LogP contribution is 2.29. The van der Waals surface area contributed by atoms with Gasteiger partial charge < -0.3 is 25.2 Å². The Kier molecular flexibility index (Phi) is 7.88. The number of hydrogen-bond donors (Lipinski definition) is 3. The maximum Gasteiger partial charge on any atom is 0.328 e. The Morgan fingerprint density at radius 3 is 2.37 bits per heavy atom. The first-order valence-corrected chi connectivity index (χ1v) is 11.0. The summed E-state index contributed by atoms with van der Waals surface area (Å²) in [6.07, 6.45) is 0. The minimum Gasteiger partial charge on any atom is -0.495 e. The van der Waals surface area contributed by atoms with Crippen LogP contribution in [-0.2, 0) is 20.9 Å². The summed E-state index contributed by atoms with van der Waals surface area (Å²) in [5, 5.41) is 22.1. The van der Waals surface area contributed by atoms with Crippen LogP contribution < -0.4 is 10.1 Å². The normalized spacial score (nSPS) is 14.8. The van der Waals surface area contributed by atoms with Crippen LogP contribution in [0.4, 0.5) is 10.5 Å². The number of carbonyl (C=O) groups is 4. The Labute approximate surface area is 203 Å². The SMILES string of the molecule is COc1ccc(C)cc1NC(=O)C(C(=O)C(C)(CO)CO)N1C(=O)CN(Cc2ccccc2)C1=O. The highest BCUT2D eigenvalue weighted by molar-refractivity contribution is 6.19. The van der Waals surface area contributed by atoms with Gasteiger partial charge in [0.15, 0.2) is 11.8 Å². The van der Waals surface area contributed by atoms with E-state index in [0.717, 1.165) is 11.1 Å². The molecule has 3 rings (SSSR count). The van der Waals surface area contributed by atoms with Crippen molar-refractivity contribution in [2.75, 3.05) is 32.2 Å². The third-order valence-electron chi connectivity index (χ3n) is 5.95. The van der Waals surface area contributed by atoms with Gasteiger partial charge in [0.05, 0.1) is 31.4 Å². The van der Waals surface area contributed by atoms with Crippen LogP contribution in [0.5, 0.6) is 5.75 Å². The van der Waals surface area contributed by atoms with Crippen molar-refractivity contribution in [3.63, 3.8) is 0 Å². The summed E-state index contributed by atoms with van der Waals surface area (Å²) in [5.74, 6) is -2.36. The Morgan fingerprint density at radius 1 is 1.11 bits per heavy atom. The number of nitrogens with zero attached hydrogens (tertiary/aromatic N) is 2. The molecular weight excluding hydrogens is 454 g/mol. The molecule has 1 fully saturated rings. The lowest BCUT2D eigenvalue weighted by Crippen LogP contribution is -2.57. The molecule has 1 atom stereocenters. The van der Waals surface area contributed by atoms with Gasteiger partial charge in [0.1, 0.15) is 12.3 Å². The van der Waals surface area contributed by atoms with Crippen molar-refractivity contribution < 1.29 is 34.1 Å². The molecule has 0 saturated carbocycles. The molecule has 10 heteroatoms. The molecule has 4 amide bonds. The Morgan fingerprint density at radius 2 is 1.77 bits per heavy atom. The Hall–Kier alpha value is -3.76. The molecule has 0 radical (unpaired) electrons. The fraction of sp³-hybridized carbons (Fsp3) is 0.360. The molecule has 1 saturated heterocycles. The van der Waals surface area contributed by atoms with E-state index in [4.69, 9.17) is 4.74 Å². The lowest BCUT2D eigenvalue weighted by atomic mass is 9.82. The molecule has 0 aliphatic carbocycles. The number of Topliss-reactive ketones (excluding diaryl/α,β-unsaturated/α-hetero) is 1. The van der Waals surface area contributed by atoms with Crippen LogP contribution in [0.3, 0.4) is 0 Å². The maximum atomic E-state index is 13.4. The summed E-state index contributed by atoms with van der Waals surface area (Å²) in [5.41, 5.74) is 0.0292. The topological polar surface area (TPSA) is 136 Å². The van der Waals surface area contributed by atoms with E-state index in [0.29, 0.717) is 10.6 Å². The molecule has 10 nitrogen and oxygen atoms in total. The molecule has 2 aromatic rings. The Balaban J connectivity index is 1.98. The number of rotatable bonds is 10. The van der Waals surface area contributed by atoms with Gasteiger partial charge in [0.25, 0.3) is 11.8 Å². The number of aliphatic hydroxyl groups is 2. The average Bonchev–Trinajstić information content (AvgIpc) is 3.12. The minimum atomic E-state index is -1.91. The molecule has 35 heavy (non-hydrogen) atoms. The molecule has 2 aromatic carbocycles. The van der Waals surface area contributed by atoms with Gasteiger partial charge in [-0.1, -0.05) is 36.4 Å². The number of hydrogen-bond acceptors (Lipinski definition) is 7. The van der Waals surface area contributed by atoms with E-state index in [-0.39, 0.29) is 18.8 Å². The quantitative estimate of drug-likeness (QED) is 0.343. The predicted octanol–water partition coefficient (Wildman–Crippen LogP) is 1.34. The third kappa shape index (κ3) is 5.33. The van der Waals surface area contributed by atoms with Crippen LogP contribution in [-0.4, -0.2) is 76.6 Å². The van der Waals surface area contributed by atoms with Crippen molar-refractivity contribution in [3.8, 4) is 5.75 Å². The number of aryl methyl sites for hydroxylation is 1. The summed E-state index contributed by atoms with van der Waals surface area (Å²) in [7, 11) is 1.41. The first-order chi connectivity index (χ1) is 16.6. The second-order valence-corrected chi connectivity index (χ2v) is 8.72. The highest BCUT2D eigenvalue weighted by atomic mass is 16.5. The van der Waals surface area contributed by atoms with Crippen LogP contribution in [0, 0.1) is 12.3 Å². The van der Waals surface area contributed by atoms with Crippen LogP contribution in [0.25, 0.3) is 0 Å². The van der Waals surface area contributed by atoms with E-state index in [2.05, 4.69) is 5.32 Å². The van der Waals surface area contributed by atoms with Gasteiger partial charge in [0.2, 0.25) is 0 Å². The van der Waals surface area contributed by atoms with Gasteiger partial charge in [-0.05, 0) is 37.1 Å². The fourth-order valence-electron chi connectivity index (χ4n) is 3.76. The van der Waals surface area contributed by atoms with Crippen molar-refractivity contribution in [1.82, 2.24) is 9.80 Å². The molecule has 1 heterocycles. The first-order valence-electron chi connectivity index (χ1n) is 11.0. The molecule has 186 valence electrons. The second-order valence-electron chi connectivity index (χ2n) is 8.72. The largest absolute Gasteiger partial charge is 0.495 e. The number of ether oxygens (including phenoxy) is 1. The van der Waals surface area contributed by atoms with E-state index < -0.39 is 48.3 Å². The number of amides is 4. The molecule has 3 N–H and O–H groups in total. The van der Waals surface area contributed by atoms with Crippen molar-refractivity contribution in [2.24, 2.45) is 5.41 Å². The molecular formula is C25H29N3O7. The number of methoxy groups -OCH3 is 1. The number of aliphatic hydroxyl groups excluding tert-OH is 2. The number of urea groups is 1. The summed E-state index contributed by atoms with van der Waals surface area (Å²) in [4.78, 5) is 54.9. The van der Waals surface area contributed by atoms with Crippen molar-refractivity contribution in [2.45, 2.75) is 26.4 Å². The third-order valence-corrected chi connectivity index (χ3v) is 5.95. The van der Waals surface area contributed by atoms with Gasteiger partial charge in [-0.15, -0.1) is 0 Å². The number of nitrogens with one attached hydrogen (secondary N) is 1. The summed E-state index contributed by atoms with van der Waals surface area (Å²) in [6.45, 7) is 1.26. The minimum absolute atomic E-state index is 0.105. The van der Waals surface area contributed by atoms with Gasteiger partial charge in [-0.3, -0.25) is 14.4 Å². The van der Waals surface area contributed by atoms with Gasteiger partial charge >= 0.3 is 6.03 Å². The summed E-state index contributed by atoms with van der Waals surface area (Å²) in [6, 6.07) is 11.2. The Bertz CT molecular complexity index is 1120. The predicted molar refractivity (Wildman–Crippen MR) is 127 cm³/mol. The van der Waals surface area contributed by atoms with Crippen molar-refractivity contribution in [1.29, 1.82) is 0 Å². The first kappa shape index (κ1) is 25.9. The summed E-state index contributed by atoms with van der Waals surface area (Å²) >= 11 is 0. The number of anilines is 1. The number of benzene rings is 2. The number of ketones is 1. The number of carbonyl (C=O) groups excluding carboxylic acids is 4. The zero-order chi connectivity index (χ0) is 25.8. The van der Waals surface area contributed by atoms with Gasteiger partial charge in [-0.2, -0.15) is 0 Å². The fourth-order valence-corrected chi connectivity index (χ4v) is 3.76. The molecule has 0 spiro atoms. The van der Waals surface area contributed by atoms with Crippen LogP contribution in [0.2, 0.25) is 0 Å². The van der Waals surface area contributed by atoms with Crippen molar-refractivity contribution in [3.05, 3.63) is 59.7 Å². The molecule has 1 unspecified atom stereocenters. The van der Waals surface area contributed by atoms with E-state index in [1.54, 1.807) is 49.4 Å². The zero-order valence-corrected chi connectivity index (χ0v) is 19.9. The smallest absolute Gasteiger partial charge is 0.328 e. The van der Waals surface area contributed by atoms with Crippen molar-refractivity contribution >= 4 is 29.3 Å². The lowest BCUT2D eigenvalue weighted by molar-refractivity contribution is -0.146. The lowest BCUT2D eigenvalue weighted by Gasteiger charge is -2.31. The highest BCUT2D eigenvalue weighted by Gasteiger charge is 2.51.